The molecule has 17 heavy (non-hydrogen) atoms. The highest BCUT2D eigenvalue weighted by molar-refractivity contribution is 5.46. The lowest BCUT2D eigenvalue weighted by Crippen LogP contribution is -2.23. The first kappa shape index (κ1) is 11.8. The Morgan fingerprint density at radius 1 is 1.53 bits per heavy atom. The summed E-state index contributed by atoms with van der Waals surface area (Å²) in [5, 5.41) is 13.8. The molecule has 1 fully saturated rings. The van der Waals surface area contributed by atoms with Gasteiger partial charge in [0.25, 0.3) is 0 Å². The Kier molecular flexibility index (Phi) is 3.53. The predicted octanol–water partition coefficient (Wildman–Crippen LogP) is 1.86. The van der Waals surface area contributed by atoms with Crippen molar-refractivity contribution in [2.24, 2.45) is 0 Å². The molecule has 5 nitrogen and oxygen atoms in total. The van der Waals surface area contributed by atoms with Gasteiger partial charge in [0, 0.05) is 18.7 Å². The van der Waals surface area contributed by atoms with E-state index >= 15 is 0 Å². The van der Waals surface area contributed by atoms with E-state index in [2.05, 4.69) is 5.32 Å². The second-order valence-electron chi connectivity index (χ2n) is 3.92. The van der Waals surface area contributed by atoms with Crippen LogP contribution in [0.5, 0.6) is 5.75 Å². The van der Waals surface area contributed by atoms with E-state index in [1.807, 2.05) is 0 Å². The molecule has 0 spiro atoms. The summed E-state index contributed by atoms with van der Waals surface area (Å²) in [4.78, 5) is 10.0. The van der Waals surface area contributed by atoms with Gasteiger partial charge in [0.05, 0.1) is 4.92 Å². The Hall–Kier alpha value is -1.69. The number of ether oxygens (including phenoxy) is 1. The number of benzene rings is 1. The van der Waals surface area contributed by atoms with Crippen molar-refractivity contribution in [2.75, 3.05) is 13.2 Å². The zero-order chi connectivity index (χ0) is 12.3. The molecular weight excluding hydrogens is 227 g/mol. The lowest BCUT2D eigenvalue weighted by molar-refractivity contribution is -0.386. The average Bonchev–Trinajstić information content (AvgIpc) is 3.09. The molecular formula is C11H13FN2O3. The van der Waals surface area contributed by atoms with Crippen LogP contribution in [-0.4, -0.2) is 24.1 Å². The van der Waals surface area contributed by atoms with Crippen molar-refractivity contribution >= 4 is 5.69 Å². The molecule has 0 atom stereocenters. The van der Waals surface area contributed by atoms with Crippen molar-refractivity contribution in [3.05, 3.63) is 34.1 Å². The van der Waals surface area contributed by atoms with Crippen LogP contribution < -0.4 is 10.1 Å². The molecule has 1 aliphatic rings. The lowest BCUT2D eigenvalue weighted by Gasteiger charge is -2.07. The molecule has 0 saturated heterocycles. The first-order valence-electron chi connectivity index (χ1n) is 5.47. The van der Waals surface area contributed by atoms with Gasteiger partial charge in [-0.15, -0.1) is 0 Å². The van der Waals surface area contributed by atoms with Gasteiger partial charge in [0.15, 0.2) is 5.82 Å². The fourth-order valence-corrected chi connectivity index (χ4v) is 1.49. The molecule has 0 unspecified atom stereocenters. The quantitative estimate of drug-likeness (QED) is 0.468. The highest BCUT2D eigenvalue weighted by Gasteiger charge is 2.21. The highest BCUT2D eigenvalue weighted by atomic mass is 19.1. The minimum Gasteiger partial charge on any atom is -0.483 e. The van der Waals surface area contributed by atoms with Crippen LogP contribution in [0.1, 0.15) is 12.8 Å². The maximum absolute atomic E-state index is 13.4. The van der Waals surface area contributed by atoms with E-state index in [4.69, 9.17) is 4.74 Å². The fraction of sp³-hybridized carbons (Fsp3) is 0.455. The Morgan fingerprint density at radius 3 is 2.94 bits per heavy atom. The second kappa shape index (κ2) is 5.09. The third-order valence-electron chi connectivity index (χ3n) is 2.50. The van der Waals surface area contributed by atoms with Gasteiger partial charge in [0.1, 0.15) is 6.61 Å². The number of rotatable bonds is 6. The van der Waals surface area contributed by atoms with Crippen LogP contribution >= 0.6 is 0 Å². The van der Waals surface area contributed by atoms with Gasteiger partial charge in [-0.1, -0.05) is 6.07 Å². The fourth-order valence-electron chi connectivity index (χ4n) is 1.49. The van der Waals surface area contributed by atoms with Crippen molar-refractivity contribution in [3.63, 3.8) is 0 Å². The number of nitrogens with zero attached hydrogens (tertiary/aromatic N) is 1. The Bertz CT molecular complexity index is 421. The molecule has 6 heteroatoms. The van der Waals surface area contributed by atoms with Gasteiger partial charge >= 0.3 is 5.69 Å². The first-order valence-corrected chi connectivity index (χ1v) is 5.47. The zero-order valence-electron chi connectivity index (χ0n) is 9.19. The normalized spacial score (nSPS) is 14.6. The van der Waals surface area contributed by atoms with Gasteiger partial charge in [-0.3, -0.25) is 10.1 Å². The molecule has 1 saturated carbocycles. The van der Waals surface area contributed by atoms with Gasteiger partial charge in [-0.05, 0) is 18.9 Å². The van der Waals surface area contributed by atoms with Crippen molar-refractivity contribution in [1.29, 1.82) is 0 Å². The molecule has 1 aliphatic carbocycles. The minimum absolute atomic E-state index is 0.221. The van der Waals surface area contributed by atoms with E-state index in [0.717, 1.165) is 18.9 Å². The monoisotopic (exact) mass is 240 g/mol. The maximum atomic E-state index is 13.4. The van der Waals surface area contributed by atoms with Crippen LogP contribution in [0.2, 0.25) is 0 Å². The van der Waals surface area contributed by atoms with Gasteiger partial charge in [-0.25, -0.2) is 4.39 Å². The largest absolute Gasteiger partial charge is 0.483 e. The topological polar surface area (TPSA) is 64.4 Å². The minimum atomic E-state index is -0.703. The number of nitrogens with one attached hydrogen (secondary N) is 1. The summed E-state index contributed by atoms with van der Waals surface area (Å²) in [7, 11) is 0. The Morgan fingerprint density at radius 2 is 2.29 bits per heavy atom. The Labute approximate surface area is 97.7 Å². The Balaban J connectivity index is 1.94. The summed E-state index contributed by atoms with van der Waals surface area (Å²) >= 11 is 0. The van der Waals surface area contributed by atoms with E-state index in [9.17, 15) is 14.5 Å². The van der Waals surface area contributed by atoms with E-state index in [1.54, 1.807) is 0 Å². The molecule has 92 valence electrons. The molecule has 1 aromatic carbocycles. The molecule has 0 heterocycles. The SMILES string of the molecule is O=[N+]([O-])c1cccc(F)c1OCCNC1CC1. The van der Waals surface area contributed by atoms with Crippen LogP contribution in [0.25, 0.3) is 0 Å². The molecule has 0 aliphatic heterocycles. The molecule has 2 rings (SSSR count). The van der Waals surface area contributed by atoms with Gasteiger partial charge in [0.2, 0.25) is 5.75 Å². The second-order valence-corrected chi connectivity index (χ2v) is 3.92. The third kappa shape index (κ3) is 3.13. The van der Waals surface area contributed by atoms with Crippen LogP contribution in [0.3, 0.4) is 0 Å². The van der Waals surface area contributed by atoms with Crippen LogP contribution in [0.15, 0.2) is 18.2 Å². The van der Waals surface area contributed by atoms with Gasteiger partial charge in [-0.2, -0.15) is 0 Å². The lowest BCUT2D eigenvalue weighted by atomic mass is 10.3. The van der Waals surface area contributed by atoms with Crippen molar-refractivity contribution < 1.29 is 14.1 Å². The highest BCUT2D eigenvalue weighted by Crippen LogP contribution is 2.29. The summed E-state index contributed by atoms with van der Waals surface area (Å²) < 4.78 is 18.5. The van der Waals surface area contributed by atoms with Crippen LogP contribution in [-0.2, 0) is 0 Å². The standard InChI is InChI=1S/C11H13FN2O3/c12-9-2-1-3-10(14(15)16)11(9)17-7-6-13-8-4-5-8/h1-3,8,13H,4-7H2. The number of hydrogen-bond acceptors (Lipinski definition) is 4. The number of halogens is 1. The summed E-state index contributed by atoms with van der Waals surface area (Å²) in [6.45, 7) is 0.786. The van der Waals surface area contributed by atoms with E-state index in [1.165, 1.54) is 12.1 Å². The maximum Gasteiger partial charge on any atom is 0.314 e. The van der Waals surface area contributed by atoms with Crippen molar-refractivity contribution in [2.45, 2.75) is 18.9 Å². The summed E-state index contributed by atoms with van der Waals surface area (Å²) in [6, 6.07) is 4.21. The smallest absolute Gasteiger partial charge is 0.314 e. The first-order chi connectivity index (χ1) is 8.18. The van der Waals surface area contributed by atoms with Crippen LogP contribution in [0.4, 0.5) is 10.1 Å². The van der Waals surface area contributed by atoms with Crippen molar-refractivity contribution in [1.82, 2.24) is 5.32 Å². The molecule has 1 aromatic rings. The number of nitro groups is 1. The third-order valence-corrected chi connectivity index (χ3v) is 2.50. The summed E-state index contributed by atoms with van der Waals surface area (Å²) in [6.07, 6.45) is 2.31. The van der Waals surface area contributed by atoms with Crippen molar-refractivity contribution in [3.8, 4) is 5.75 Å². The molecule has 0 radical (unpaired) electrons. The summed E-state index contributed by atoms with van der Waals surface area (Å²) in [5.41, 5.74) is -0.337. The van der Waals surface area contributed by atoms with E-state index < -0.39 is 10.7 Å². The predicted molar refractivity (Wildman–Crippen MR) is 59.6 cm³/mol. The summed E-state index contributed by atoms with van der Waals surface area (Å²) in [5.74, 6) is -0.985. The molecule has 0 amide bonds. The number of hydrogen-bond donors (Lipinski definition) is 1. The van der Waals surface area contributed by atoms with E-state index in [0.29, 0.717) is 12.6 Å². The molecule has 0 aromatic heterocycles. The number of nitro benzene ring substituents is 1. The van der Waals surface area contributed by atoms with E-state index in [-0.39, 0.29) is 18.0 Å². The molecule has 1 N–H and O–H groups in total. The number of para-hydroxylation sites is 1. The average molecular weight is 240 g/mol. The zero-order valence-corrected chi connectivity index (χ0v) is 9.19. The van der Waals surface area contributed by atoms with Gasteiger partial charge < -0.3 is 10.1 Å². The van der Waals surface area contributed by atoms with Crippen LogP contribution in [0, 0.1) is 15.9 Å². The molecule has 0 bridgehead atoms.